The molecule has 29 heavy (non-hydrogen) atoms. The summed E-state index contributed by atoms with van der Waals surface area (Å²) in [6.45, 7) is 0.126. The molecule has 0 aliphatic heterocycles. The van der Waals surface area contributed by atoms with Crippen LogP contribution >= 0.6 is 0 Å². The molecule has 0 spiro atoms. The summed E-state index contributed by atoms with van der Waals surface area (Å²) in [7, 11) is -3.81. The predicted molar refractivity (Wildman–Crippen MR) is 106 cm³/mol. The third-order valence-electron chi connectivity index (χ3n) is 3.93. The largest absolute Gasteiger partial charge is 0.271 e. The highest BCUT2D eigenvalue weighted by atomic mass is 32.2. The lowest BCUT2D eigenvalue weighted by Crippen LogP contribution is -2.41. The molecule has 0 aliphatic carbocycles. The lowest BCUT2D eigenvalue weighted by atomic mass is 10.2. The van der Waals surface area contributed by atoms with Crippen LogP contribution in [0.1, 0.15) is 26.3 Å². The SMILES string of the molecule is O=C(NNC(=O)c1cccc(S(=O)(=O)NCc2ccccc2)c1)c1cccnc1. The fourth-order valence-electron chi connectivity index (χ4n) is 2.42. The van der Waals surface area contributed by atoms with Gasteiger partial charge in [-0.25, -0.2) is 13.1 Å². The highest BCUT2D eigenvalue weighted by molar-refractivity contribution is 7.89. The van der Waals surface area contributed by atoms with E-state index in [1.807, 2.05) is 18.2 Å². The smallest absolute Gasteiger partial charge is 0.267 e. The zero-order chi connectivity index (χ0) is 20.7. The second kappa shape index (κ2) is 9.09. The first-order chi connectivity index (χ1) is 14.0. The molecule has 2 amide bonds. The Morgan fingerprint density at radius 1 is 0.828 bits per heavy atom. The van der Waals surface area contributed by atoms with Gasteiger partial charge in [0.05, 0.1) is 10.5 Å². The molecule has 2 aromatic carbocycles. The van der Waals surface area contributed by atoms with Gasteiger partial charge in [-0.15, -0.1) is 0 Å². The number of amides is 2. The van der Waals surface area contributed by atoms with Crippen LogP contribution in [0, 0.1) is 0 Å². The molecular weight excluding hydrogens is 392 g/mol. The third-order valence-corrected chi connectivity index (χ3v) is 5.33. The summed E-state index contributed by atoms with van der Waals surface area (Å²) in [5.41, 5.74) is 5.67. The third kappa shape index (κ3) is 5.47. The number of pyridine rings is 1. The van der Waals surface area contributed by atoms with E-state index in [1.165, 1.54) is 36.7 Å². The maximum atomic E-state index is 12.5. The molecule has 1 heterocycles. The molecule has 1 aromatic heterocycles. The van der Waals surface area contributed by atoms with Gasteiger partial charge in [-0.05, 0) is 35.9 Å². The van der Waals surface area contributed by atoms with Crippen molar-refractivity contribution in [2.45, 2.75) is 11.4 Å². The molecule has 0 aliphatic rings. The maximum absolute atomic E-state index is 12.5. The van der Waals surface area contributed by atoms with Crippen molar-refractivity contribution in [2.75, 3.05) is 0 Å². The molecule has 8 nitrogen and oxygen atoms in total. The summed E-state index contributed by atoms with van der Waals surface area (Å²) >= 11 is 0. The normalized spacial score (nSPS) is 10.9. The van der Waals surface area contributed by atoms with Crippen LogP contribution in [0.4, 0.5) is 0 Å². The molecule has 0 bridgehead atoms. The molecule has 9 heteroatoms. The van der Waals surface area contributed by atoms with Crippen molar-refractivity contribution in [1.29, 1.82) is 0 Å². The van der Waals surface area contributed by atoms with Crippen LogP contribution in [0.15, 0.2) is 84.0 Å². The van der Waals surface area contributed by atoms with Crippen LogP contribution in [0.3, 0.4) is 0 Å². The minimum atomic E-state index is -3.81. The second-order valence-corrected chi connectivity index (χ2v) is 7.75. The van der Waals surface area contributed by atoms with Gasteiger partial charge in [0, 0.05) is 24.5 Å². The summed E-state index contributed by atoms with van der Waals surface area (Å²) in [4.78, 5) is 28.0. The zero-order valence-corrected chi connectivity index (χ0v) is 16.0. The lowest BCUT2D eigenvalue weighted by molar-refractivity contribution is 0.0846. The Morgan fingerprint density at radius 2 is 1.52 bits per heavy atom. The standard InChI is InChI=1S/C20H18N4O4S/c25-19(23-24-20(26)17-9-5-11-21-14-17)16-8-4-10-18(12-16)29(27,28)22-13-15-6-2-1-3-7-15/h1-12,14,22H,13H2,(H,23,25)(H,24,26). The molecule has 3 aromatic rings. The van der Waals surface area contributed by atoms with Crippen molar-refractivity contribution >= 4 is 21.8 Å². The quantitative estimate of drug-likeness (QED) is 0.534. The fraction of sp³-hybridized carbons (Fsp3) is 0.0500. The molecule has 0 saturated carbocycles. The molecular formula is C20H18N4O4S. The van der Waals surface area contributed by atoms with Crippen LogP contribution in [-0.4, -0.2) is 25.2 Å². The van der Waals surface area contributed by atoms with E-state index in [4.69, 9.17) is 0 Å². The first-order valence-electron chi connectivity index (χ1n) is 8.60. The molecule has 0 saturated heterocycles. The van der Waals surface area contributed by atoms with Crippen molar-refractivity contribution in [3.05, 3.63) is 95.8 Å². The van der Waals surface area contributed by atoms with Crippen molar-refractivity contribution in [3.63, 3.8) is 0 Å². The van der Waals surface area contributed by atoms with Crippen molar-refractivity contribution in [2.24, 2.45) is 0 Å². The Bertz CT molecular complexity index is 1100. The number of nitrogens with one attached hydrogen (secondary N) is 3. The van der Waals surface area contributed by atoms with Gasteiger partial charge in [-0.2, -0.15) is 0 Å². The minimum absolute atomic E-state index is 0.0559. The van der Waals surface area contributed by atoms with Crippen molar-refractivity contribution < 1.29 is 18.0 Å². The summed E-state index contributed by atoms with van der Waals surface area (Å²) < 4.78 is 27.5. The number of hydrogen-bond acceptors (Lipinski definition) is 5. The van der Waals surface area contributed by atoms with Gasteiger partial charge in [0.2, 0.25) is 10.0 Å². The van der Waals surface area contributed by atoms with E-state index in [1.54, 1.807) is 24.3 Å². The van der Waals surface area contributed by atoms with Crippen LogP contribution < -0.4 is 15.6 Å². The highest BCUT2D eigenvalue weighted by Crippen LogP contribution is 2.12. The van der Waals surface area contributed by atoms with E-state index >= 15 is 0 Å². The minimum Gasteiger partial charge on any atom is -0.267 e. The highest BCUT2D eigenvalue weighted by Gasteiger charge is 2.16. The Labute approximate surface area is 168 Å². The van der Waals surface area contributed by atoms with Gasteiger partial charge < -0.3 is 0 Å². The van der Waals surface area contributed by atoms with Gasteiger partial charge in [0.15, 0.2) is 0 Å². The van der Waals surface area contributed by atoms with Crippen molar-refractivity contribution in [3.8, 4) is 0 Å². The number of sulfonamides is 1. The molecule has 148 valence electrons. The van der Waals surface area contributed by atoms with E-state index < -0.39 is 21.8 Å². The summed E-state index contributed by atoms with van der Waals surface area (Å²) in [5, 5.41) is 0. The van der Waals surface area contributed by atoms with E-state index in [2.05, 4.69) is 20.6 Å². The molecule has 3 N–H and O–H groups in total. The molecule has 0 fully saturated rings. The predicted octanol–water partition coefficient (Wildman–Crippen LogP) is 1.63. The van der Waals surface area contributed by atoms with E-state index in [0.717, 1.165) is 5.56 Å². The average molecular weight is 410 g/mol. The average Bonchev–Trinajstić information content (AvgIpc) is 2.77. The second-order valence-electron chi connectivity index (χ2n) is 5.99. The number of hydrogen-bond donors (Lipinski definition) is 3. The van der Waals surface area contributed by atoms with Crippen LogP contribution in [0.2, 0.25) is 0 Å². The van der Waals surface area contributed by atoms with Gasteiger partial charge in [0.1, 0.15) is 0 Å². The monoisotopic (exact) mass is 410 g/mol. The Hall–Kier alpha value is -3.56. The number of nitrogens with zero attached hydrogens (tertiary/aromatic N) is 1. The number of rotatable bonds is 6. The number of hydrazine groups is 1. The lowest BCUT2D eigenvalue weighted by Gasteiger charge is -2.10. The Kier molecular flexibility index (Phi) is 6.32. The number of aromatic nitrogens is 1. The molecule has 0 atom stereocenters. The number of carbonyl (C=O) groups is 2. The topological polar surface area (TPSA) is 117 Å². The zero-order valence-electron chi connectivity index (χ0n) is 15.2. The Balaban J connectivity index is 1.65. The van der Waals surface area contributed by atoms with Gasteiger partial charge in [-0.3, -0.25) is 25.4 Å². The summed E-state index contributed by atoms with van der Waals surface area (Å²) in [6.07, 6.45) is 2.88. The number of benzene rings is 2. The summed E-state index contributed by atoms with van der Waals surface area (Å²) in [6, 6.07) is 17.7. The first-order valence-corrected chi connectivity index (χ1v) is 10.1. The van der Waals surface area contributed by atoms with Crippen LogP contribution in [0.5, 0.6) is 0 Å². The molecule has 3 rings (SSSR count). The van der Waals surface area contributed by atoms with E-state index in [9.17, 15) is 18.0 Å². The maximum Gasteiger partial charge on any atom is 0.271 e. The van der Waals surface area contributed by atoms with Gasteiger partial charge in [-0.1, -0.05) is 36.4 Å². The fourth-order valence-corrected chi connectivity index (χ4v) is 3.48. The van der Waals surface area contributed by atoms with Gasteiger partial charge in [0.25, 0.3) is 11.8 Å². The van der Waals surface area contributed by atoms with Crippen LogP contribution in [-0.2, 0) is 16.6 Å². The van der Waals surface area contributed by atoms with E-state index in [0.29, 0.717) is 0 Å². The molecule has 0 unspecified atom stereocenters. The van der Waals surface area contributed by atoms with E-state index in [-0.39, 0.29) is 22.6 Å². The molecule has 0 radical (unpaired) electrons. The first kappa shape index (κ1) is 20.2. The Morgan fingerprint density at radius 3 is 2.21 bits per heavy atom. The van der Waals surface area contributed by atoms with Gasteiger partial charge >= 0.3 is 0 Å². The number of carbonyl (C=O) groups excluding carboxylic acids is 2. The summed E-state index contributed by atoms with van der Waals surface area (Å²) in [5.74, 6) is -1.19. The van der Waals surface area contributed by atoms with Crippen molar-refractivity contribution in [1.82, 2.24) is 20.6 Å². The van der Waals surface area contributed by atoms with Crippen LogP contribution in [0.25, 0.3) is 0 Å².